The summed E-state index contributed by atoms with van der Waals surface area (Å²) in [7, 11) is 0. The van der Waals surface area contributed by atoms with Crippen LogP contribution in [0.25, 0.3) is 67.4 Å². The van der Waals surface area contributed by atoms with Gasteiger partial charge in [0.15, 0.2) is 0 Å². The smallest absolute Gasteiger partial charge is 0.411 e. The summed E-state index contributed by atoms with van der Waals surface area (Å²) in [6, 6.07) is 35.7. The van der Waals surface area contributed by atoms with E-state index in [0.717, 1.165) is 118 Å². The van der Waals surface area contributed by atoms with Crippen LogP contribution in [0.1, 0.15) is 212 Å². The minimum Gasteiger partial charge on any atom is -0.444 e. The molecule has 0 saturated carbocycles. The van der Waals surface area contributed by atoms with Gasteiger partial charge in [0.05, 0.1) is 85.6 Å². The Morgan fingerprint density at radius 1 is 0.291 bits per heavy atom. The summed E-state index contributed by atoms with van der Waals surface area (Å²) in [6.45, 7) is 37.2. The number of benzene rings is 4. The third-order valence-corrected chi connectivity index (χ3v) is 22.4. The number of hydrogen-bond donors (Lipinski definition) is 6. The van der Waals surface area contributed by atoms with Gasteiger partial charge in [0, 0.05) is 91.0 Å². The fraction of sp³-hybridized carbons (Fsp3) is 0.480. The Balaban J connectivity index is 0.000000170. The number of hydrogen-bond acceptors (Lipinski definition) is 22. The molecule has 5 aromatic heterocycles. The van der Waals surface area contributed by atoms with Crippen LogP contribution in [0.4, 0.5) is 45.8 Å². The first kappa shape index (κ1) is 98.3. The molecular formula is C100H127N17O17. The van der Waals surface area contributed by atoms with E-state index in [4.69, 9.17) is 37.9 Å². The summed E-state index contributed by atoms with van der Waals surface area (Å²) in [5.74, 6) is 1.31. The van der Waals surface area contributed by atoms with Gasteiger partial charge in [-0.2, -0.15) is 0 Å². The predicted octanol–water partition coefficient (Wildman–Crippen LogP) is 18.7. The molecule has 34 nitrogen and oxygen atoms in total. The zero-order valence-electron chi connectivity index (χ0n) is 80.0. The van der Waals surface area contributed by atoms with Crippen LogP contribution < -0.4 is 16.0 Å². The topological polar surface area (TPSA) is 395 Å². The lowest BCUT2D eigenvalue weighted by Crippen LogP contribution is -2.55. The molecule has 0 unspecified atom stereocenters. The number of nitrogens with zero attached hydrogens (tertiary/aromatic N) is 11. The molecule has 6 fully saturated rings. The number of H-pyrrole nitrogens is 3. The highest BCUT2D eigenvalue weighted by atomic mass is 16.6. The molecule has 6 atom stereocenters. The molecule has 9 aromatic rings. The molecule has 0 spiro atoms. The fourth-order valence-electron chi connectivity index (χ4n) is 16.2. The Labute approximate surface area is 782 Å². The van der Waals surface area contributed by atoms with Gasteiger partial charge in [-0.3, -0.25) is 53.8 Å². The van der Waals surface area contributed by atoms with Gasteiger partial charge >= 0.3 is 36.6 Å². The van der Waals surface area contributed by atoms with Crippen molar-refractivity contribution in [1.82, 2.24) is 69.3 Å². The number of aromatic nitrogens is 8. The second-order valence-electron chi connectivity index (χ2n) is 40.0. The normalized spacial score (nSPS) is 18.9. The Bertz CT molecular complexity index is 5360. The molecule has 134 heavy (non-hydrogen) atoms. The summed E-state index contributed by atoms with van der Waals surface area (Å²) < 4.78 is 44.4. The molecule has 0 aliphatic carbocycles. The Morgan fingerprint density at radius 2 is 0.560 bits per heavy atom. The van der Waals surface area contributed by atoms with E-state index in [1.165, 1.54) is 14.7 Å². The van der Waals surface area contributed by atoms with Crippen molar-refractivity contribution in [1.29, 1.82) is 0 Å². The van der Waals surface area contributed by atoms with Gasteiger partial charge in [-0.05, 0) is 253 Å². The number of ether oxygens (including phenoxy) is 8. The van der Waals surface area contributed by atoms with E-state index in [1.807, 2.05) is 225 Å². The third-order valence-electron chi connectivity index (χ3n) is 22.4. The summed E-state index contributed by atoms with van der Waals surface area (Å²) in [6.07, 6.45) is 12.5. The van der Waals surface area contributed by atoms with Crippen LogP contribution in [-0.2, 0) is 52.3 Å². The standard InChI is InChI=1S/C34H43N5O7.2C33H42N6O5/c1-33(2,3)45-31(41)38-15-17-43-20-27(38)29-35-19-26(37-29)24-9-7-22(8-10-24)23-11-13-25(14-12-23)36-30(40)28-21-44-18-16-39(28)32(42)46-34(4,5)6;2*1-32(2,3)43-30(41)38-17-7-9-26(38)28-35-20-25(37-28)22-13-16-24(34-19-22)21-11-14-23(15-12-21)36-29(40)27-10-8-18-39(27)31(42)44-33(4,5)6/h7-14,19,27-28H,15-18,20-21H2,1-6H3,(H,35,37)(H,36,40);2*11-16,19-20,26-27H,7-10,17-18H2,1-6H3,(H,35,37)(H,36,40)/t27-,28-;2*26-,27-/m000/s1. The first-order valence-corrected chi connectivity index (χ1v) is 45.9. The van der Waals surface area contributed by atoms with Gasteiger partial charge in [-0.1, -0.05) is 60.7 Å². The van der Waals surface area contributed by atoms with Gasteiger partial charge in [-0.15, -0.1) is 0 Å². The van der Waals surface area contributed by atoms with E-state index in [2.05, 4.69) is 55.8 Å². The maximum absolute atomic E-state index is 13.1. The van der Waals surface area contributed by atoms with Crippen LogP contribution in [0, 0.1) is 0 Å². The molecule has 0 bridgehead atoms. The van der Waals surface area contributed by atoms with Gasteiger partial charge in [-0.25, -0.2) is 43.7 Å². The molecule has 6 saturated heterocycles. The molecule has 6 aliphatic rings. The van der Waals surface area contributed by atoms with E-state index < -0.39 is 70.0 Å². The van der Waals surface area contributed by atoms with E-state index in [-0.39, 0.29) is 67.3 Å². The molecule has 4 aromatic carbocycles. The van der Waals surface area contributed by atoms with Crippen LogP contribution in [0.5, 0.6) is 0 Å². The number of imidazole rings is 3. The van der Waals surface area contributed by atoms with Crippen LogP contribution >= 0.6 is 0 Å². The number of amides is 9. The first-order valence-electron chi connectivity index (χ1n) is 45.9. The van der Waals surface area contributed by atoms with Crippen molar-refractivity contribution in [3.05, 3.63) is 170 Å². The maximum atomic E-state index is 13.1. The minimum atomic E-state index is -0.787. The minimum absolute atomic E-state index is 0.101. The second-order valence-corrected chi connectivity index (χ2v) is 40.0. The van der Waals surface area contributed by atoms with Crippen LogP contribution in [0.2, 0.25) is 0 Å². The Kier molecular flexibility index (Phi) is 30.4. The number of nitrogens with one attached hydrogen (secondary N) is 6. The van der Waals surface area contributed by atoms with Crippen LogP contribution in [0.15, 0.2) is 152 Å². The SMILES string of the molecule is CC(C)(C)OC(=O)N1CCC[C@H]1C(=O)Nc1ccc(-c2ccc(-c3cnc([C@@H]4CCCN4C(=O)OC(C)(C)C)[nH]3)cn2)cc1.CC(C)(C)OC(=O)N1CCC[C@H]1C(=O)Nc1ccc(-c2ccc(-c3cnc([C@@H]4CCCN4C(=O)OC(C)(C)C)[nH]3)cn2)cc1.CC(C)(C)OC(=O)N1CCOC[C@H]1C(=O)Nc1ccc(-c2ccc(-c3cnc([C@@H]4COCCN4C(=O)OC(C)(C)C)[nH]3)cc2)cc1. The number of carbonyl (C=O) groups excluding carboxylic acids is 9. The number of carbonyl (C=O) groups is 9. The number of aromatic amines is 3. The number of pyridine rings is 2. The largest absolute Gasteiger partial charge is 0.444 e. The van der Waals surface area contributed by atoms with Crippen molar-refractivity contribution in [2.45, 2.75) is 246 Å². The summed E-state index contributed by atoms with van der Waals surface area (Å²) in [5.41, 5.74) is 8.77. The first-order chi connectivity index (χ1) is 63.3. The zero-order chi connectivity index (χ0) is 96.4. The van der Waals surface area contributed by atoms with Crippen molar-refractivity contribution >= 4 is 71.3 Å². The van der Waals surface area contributed by atoms with E-state index in [9.17, 15) is 43.2 Å². The van der Waals surface area contributed by atoms with Crippen molar-refractivity contribution in [3.63, 3.8) is 0 Å². The average Bonchev–Trinajstić information content (AvgIpc) is 1.66. The molecule has 15 rings (SSSR count). The summed E-state index contributed by atoms with van der Waals surface area (Å²) in [4.78, 5) is 158. The highest BCUT2D eigenvalue weighted by Gasteiger charge is 2.43. The molecule has 34 heteroatoms. The summed E-state index contributed by atoms with van der Waals surface area (Å²) >= 11 is 0. The van der Waals surface area contributed by atoms with E-state index >= 15 is 0 Å². The van der Waals surface area contributed by atoms with Gasteiger partial charge in [0.1, 0.15) is 75.2 Å². The molecule has 9 amide bonds. The van der Waals surface area contributed by atoms with Crippen molar-refractivity contribution in [2.24, 2.45) is 0 Å². The van der Waals surface area contributed by atoms with Crippen molar-refractivity contribution in [3.8, 4) is 67.4 Å². The van der Waals surface area contributed by atoms with Crippen molar-refractivity contribution in [2.75, 3.05) is 81.6 Å². The number of likely N-dealkylation sites (tertiary alicyclic amines) is 4. The molecule has 11 heterocycles. The quantitative estimate of drug-likeness (QED) is 0.0519. The molecule has 0 radical (unpaired) electrons. The van der Waals surface area contributed by atoms with Gasteiger partial charge < -0.3 is 68.8 Å². The Hall–Kier alpha value is -13.2. The molecule has 714 valence electrons. The summed E-state index contributed by atoms with van der Waals surface area (Å²) in [5, 5.41) is 8.77. The van der Waals surface area contributed by atoms with E-state index in [1.54, 1.807) is 66.5 Å². The number of rotatable bonds is 15. The molecule has 6 aliphatic heterocycles. The highest BCUT2D eigenvalue weighted by Crippen LogP contribution is 2.38. The van der Waals surface area contributed by atoms with Crippen LogP contribution in [-0.4, -0.2) is 241 Å². The lowest BCUT2D eigenvalue weighted by Gasteiger charge is -2.35. The second kappa shape index (κ2) is 41.5. The maximum Gasteiger partial charge on any atom is 0.411 e. The molecular weight excluding hydrogens is 1710 g/mol. The number of anilines is 3. The monoisotopic (exact) mass is 1840 g/mol. The predicted molar refractivity (Wildman–Crippen MR) is 506 cm³/mol. The molecule has 6 N–H and O–H groups in total. The van der Waals surface area contributed by atoms with Crippen LogP contribution in [0.3, 0.4) is 0 Å². The number of morpholine rings is 2. The lowest BCUT2D eigenvalue weighted by molar-refractivity contribution is -0.127. The lowest BCUT2D eigenvalue weighted by atomic mass is 10.0. The van der Waals surface area contributed by atoms with Gasteiger partial charge in [0.2, 0.25) is 17.7 Å². The Morgan fingerprint density at radius 3 is 0.910 bits per heavy atom. The van der Waals surface area contributed by atoms with E-state index in [0.29, 0.717) is 88.3 Å². The van der Waals surface area contributed by atoms with Crippen molar-refractivity contribution < 1.29 is 81.0 Å². The zero-order valence-corrected chi connectivity index (χ0v) is 80.0. The average molecular weight is 1840 g/mol. The highest BCUT2D eigenvalue weighted by molar-refractivity contribution is 5.99. The van der Waals surface area contributed by atoms with Gasteiger partial charge in [0.25, 0.3) is 0 Å². The fourth-order valence-corrected chi connectivity index (χ4v) is 16.2. The third kappa shape index (κ3) is 26.4.